The molecule has 0 radical (unpaired) electrons. The molecule has 190 valence electrons. The molecular weight excluding hydrogens is 483 g/mol. The number of carboxylic acid groups (broad SMARTS) is 1. The molecule has 0 aromatic heterocycles. The van der Waals surface area contributed by atoms with Gasteiger partial charge in [-0.15, -0.1) is 0 Å². The van der Waals surface area contributed by atoms with E-state index in [1.54, 1.807) is 38.1 Å². The second kappa shape index (κ2) is 10.7. The second-order valence-electron chi connectivity index (χ2n) is 8.72. The van der Waals surface area contributed by atoms with Gasteiger partial charge in [0.05, 0.1) is 16.5 Å². The monoisotopic (exact) mass is 511 g/mol. The number of hydrogen-bond acceptors (Lipinski definition) is 4. The number of hydrogen-bond donors (Lipinski definition) is 1. The van der Waals surface area contributed by atoms with Crippen molar-refractivity contribution in [2.75, 3.05) is 4.31 Å². The predicted octanol–water partition coefficient (Wildman–Crippen LogP) is 5.87. The van der Waals surface area contributed by atoms with Gasteiger partial charge in [-0.25, -0.2) is 13.2 Å². The van der Waals surface area contributed by atoms with E-state index in [0.29, 0.717) is 24.0 Å². The van der Waals surface area contributed by atoms with E-state index in [4.69, 9.17) is 9.84 Å². The first kappa shape index (κ1) is 26.6. The number of halogens is 3. The first-order valence-electron chi connectivity index (χ1n) is 11.3. The Morgan fingerprint density at radius 3 is 2.31 bits per heavy atom. The standard InChI is InChI=1S/C25H28F3NO5S/c1-17(2)29(35(32,33)21-5-3-4-6-21)22-13-12-20(25(26,27)28)15-23(22)34-16-19-9-7-18(8-10-19)11-14-24(30)31/h7-15,17,21H,3-6,16H2,1-2H3,(H,30,31). The topological polar surface area (TPSA) is 83.9 Å². The summed E-state index contributed by atoms with van der Waals surface area (Å²) in [5, 5.41) is 8.14. The van der Waals surface area contributed by atoms with Gasteiger partial charge >= 0.3 is 12.1 Å². The van der Waals surface area contributed by atoms with Crippen molar-refractivity contribution < 1.29 is 36.2 Å². The van der Waals surface area contributed by atoms with E-state index in [1.807, 2.05) is 0 Å². The Morgan fingerprint density at radius 1 is 1.14 bits per heavy atom. The minimum atomic E-state index is -4.62. The summed E-state index contributed by atoms with van der Waals surface area (Å²) in [5.41, 5.74) is 0.383. The fourth-order valence-electron chi connectivity index (χ4n) is 4.10. The van der Waals surface area contributed by atoms with Crippen LogP contribution in [-0.4, -0.2) is 30.8 Å². The molecule has 0 heterocycles. The van der Waals surface area contributed by atoms with Gasteiger partial charge in [0.25, 0.3) is 0 Å². The van der Waals surface area contributed by atoms with Crippen molar-refractivity contribution >= 4 is 27.8 Å². The number of sulfonamides is 1. The van der Waals surface area contributed by atoms with Crippen molar-refractivity contribution in [3.8, 4) is 5.75 Å². The second-order valence-corrected chi connectivity index (χ2v) is 10.8. The lowest BCUT2D eigenvalue weighted by atomic mass is 10.1. The number of anilines is 1. The number of alkyl halides is 3. The quantitative estimate of drug-likeness (QED) is 0.426. The van der Waals surface area contributed by atoms with Crippen LogP contribution in [0.1, 0.15) is 56.2 Å². The molecule has 0 aliphatic heterocycles. The summed E-state index contributed by atoms with van der Waals surface area (Å²) in [7, 11) is -3.81. The maximum atomic E-state index is 13.4. The number of rotatable bonds is 9. The SMILES string of the molecule is CC(C)N(c1ccc(C(F)(F)F)cc1OCc1ccc(C=CC(=O)O)cc1)S(=O)(=O)C1CCCC1. The summed E-state index contributed by atoms with van der Waals surface area (Å²) in [5.74, 6) is -1.26. The van der Waals surface area contributed by atoms with Gasteiger partial charge < -0.3 is 9.84 Å². The maximum Gasteiger partial charge on any atom is 0.416 e. The Hall–Kier alpha value is -3.01. The molecule has 1 fully saturated rings. The summed E-state index contributed by atoms with van der Waals surface area (Å²) in [6.07, 6.45) is 0.406. The van der Waals surface area contributed by atoms with E-state index < -0.39 is 39.0 Å². The minimum Gasteiger partial charge on any atom is -0.487 e. The molecule has 0 bridgehead atoms. The van der Waals surface area contributed by atoms with Crippen LogP contribution >= 0.6 is 0 Å². The van der Waals surface area contributed by atoms with Crippen LogP contribution in [0.2, 0.25) is 0 Å². The summed E-state index contributed by atoms with van der Waals surface area (Å²) in [4.78, 5) is 10.7. The van der Waals surface area contributed by atoms with Crippen LogP contribution in [0.3, 0.4) is 0 Å². The third kappa shape index (κ3) is 6.56. The van der Waals surface area contributed by atoms with E-state index >= 15 is 0 Å². The lowest BCUT2D eigenvalue weighted by molar-refractivity contribution is -0.137. The molecule has 0 atom stereocenters. The highest BCUT2D eigenvalue weighted by molar-refractivity contribution is 7.93. The molecule has 0 amide bonds. The molecule has 10 heteroatoms. The van der Waals surface area contributed by atoms with Crippen LogP contribution in [0, 0.1) is 0 Å². The summed E-state index contributed by atoms with van der Waals surface area (Å²) >= 11 is 0. The summed E-state index contributed by atoms with van der Waals surface area (Å²) in [6, 6.07) is 8.94. The zero-order valence-corrected chi connectivity index (χ0v) is 20.3. The molecule has 6 nitrogen and oxygen atoms in total. The average Bonchev–Trinajstić information content (AvgIpc) is 3.32. The lowest BCUT2D eigenvalue weighted by Crippen LogP contribution is -2.42. The average molecular weight is 512 g/mol. The third-order valence-corrected chi connectivity index (χ3v) is 8.26. The van der Waals surface area contributed by atoms with Crippen molar-refractivity contribution in [2.24, 2.45) is 0 Å². The highest BCUT2D eigenvalue weighted by atomic mass is 32.2. The molecule has 1 N–H and O–H groups in total. The van der Waals surface area contributed by atoms with Crippen LogP contribution in [0.15, 0.2) is 48.5 Å². The number of carbonyl (C=O) groups is 1. The van der Waals surface area contributed by atoms with Crippen LogP contribution < -0.4 is 9.04 Å². The van der Waals surface area contributed by atoms with Gasteiger partial charge in [0, 0.05) is 12.1 Å². The van der Waals surface area contributed by atoms with E-state index in [-0.39, 0.29) is 18.0 Å². The number of ether oxygens (including phenoxy) is 1. The number of carboxylic acids is 1. The minimum absolute atomic E-state index is 0.0703. The largest absolute Gasteiger partial charge is 0.487 e. The zero-order valence-electron chi connectivity index (χ0n) is 19.5. The van der Waals surface area contributed by atoms with Gasteiger partial charge in [0.2, 0.25) is 10.0 Å². The molecular formula is C25H28F3NO5S. The molecule has 2 aromatic carbocycles. The molecule has 0 spiro atoms. The number of nitrogens with zero attached hydrogens (tertiary/aromatic N) is 1. The van der Waals surface area contributed by atoms with Crippen LogP contribution in [0.25, 0.3) is 6.08 Å². The van der Waals surface area contributed by atoms with E-state index in [1.165, 1.54) is 10.4 Å². The van der Waals surface area contributed by atoms with Gasteiger partial charge in [-0.1, -0.05) is 37.1 Å². The van der Waals surface area contributed by atoms with Gasteiger partial charge in [0.15, 0.2) is 0 Å². The zero-order chi connectivity index (χ0) is 25.8. The number of aliphatic carboxylic acids is 1. The fourth-order valence-corrected chi connectivity index (χ4v) is 6.36. The van der Waals surface area contributed by atoms with Crippen molar-refractivity contribution in [3.05, 3.63) is 65.2 Å². The molecule has 2 aromatic rings. The summed E-state index contributed by atoms with van der Waals surface area (Å²) in [6.45, 7) is 3.25. The van der Waals surface area contributed by atoms with Gasteiger partial charge in [-0.05, 0) is 62.1 Å². The number of benzene rings is 2. The lowest BCUT2D eigenvalue weighted by Gasteiger charge is -2.32. The Labute approximate surface area is 203 Å². The van der Waals surface area contributed by atoms with E-state index in [0.717, 1.165) is 37.1 Å². The van der Waals surface area contributed by atoms with Crippen molar-refractivity contribution in [3.63, 3.8) is 0 Å². The van der Waals surface area contributed by atoms with Crippen molar-refractivity contribution in [1.82, 2.24) is 0 Å². The van der Waals surface area contributed by atoms with E-state index in [2.05, 4.69) is 0 Å². The van der Waals surface area contributed by atoms with Gasteiger partial charge in [0.1, 0.15) is 12.4 Å². The molecule has 3 rings (SSSR count). The highest BCUT2D eigenvalue weighted by Crippen LogP contribution is 2.40. The van der Waals surface area contributed by atoms with Crippen molar-refractivity contribution in [2.45, 2.75) is 63.6 Å². The molecule has 35 heavy (non-hydrogen) atoms. The Balaban J connectivity index is 1.95. The molecule has 0 unspecified atom stereocenters. The van der Waals surface area contributed by atoms with Gasteiger partial charge in [-0.3, -0.25) is 4.31 Å². The summed E-state index contributed by atoms with van der Waals surface area (Å²) < 4.78 is 74.1. The smallest absolute Gasteiger partial charge is 0.416 e. The first-order valence-corrected chi connectivity index (χ1v) is 12.8. The normalized spacial score (nSPS) is 15.1. The first-order chi connectivity index (χ1) is 16.4. The fraction of sp³-hybridized carbons (Fsp3) is 0.400. The third-order valence-electron chi connectivity index (χ3n) is 5.78. The Bertz CT molecular complexity index is 1170. The molecule has 0 saturated heterocycles. The van der Waals surface area contributed by atoms with Crippen LogP contribution in [0.5, 0.6) is 5.75 Å². The maximum absolute atomic E-state index is 13.4. The molecule has 1 aliphatic carbocycles. The Morgan fingerprint density at radius 2 is 1.77 bits per heavy atom. The molecule has 1 saturated carbocycles. The van der Waals surface area contributed by atoms with Crippen molar-refractivity contribution in [1.29, 1.82) is 0 Å². The predicted molar refractivity (Wildman–Crippen MR) is 128 cm³/mol. The molecule has 1 aliphatic rings. The van der Waals surface area contributed by atoms with E-state index in [9.17, 15) is 26.4 Å². The van der Waals surface area contributed by atoms with Crippen LogP contribution in [-0.2, 0) is 27.6 Å². The van der Waals surface area contributed by atoms with Crippen LogP contribution in [0.4, 0.5) is 18.9 Å². The van der Waals surface area contributed by atoms with Gasteiger partial charge in [-0.2, -0.15) is 13.2 Å². The Kier molecular flexibility index (Phi) is 8.15. The highest BCUT2D eigenvalue weighted by Gasteiger charge is 2.38.